The van der Waals surface area contributed by atoms with Crippen molar-refractivity contribution in [2.24, 2.45) is 0 Å². The number of carbonyl (C=O) groups is 1. The number of aryl methyl sites for hydroxylation is 1. The van der Waals surface area contributed by atoms with Crippen LogP contribution < -0.4 is 10.2 Å². The van der Waals surface area contributed by atoms with Crippen LogP contribution in [0.3, 0.4) is 0 Å². The highest BCUT2D eigenvalue weighted by atomic mass is 32.2. The minimum Gasteiger partial charge on any atom is -0.360 e. The third-order valence-corrected chi connectivity index (χ3v) is 7.87. The summed E-state index contributed by atoms with van der Waals surface area (Å²) in [6.45, 7) is 0.929. The molecule has 0 fully saturated rings. The molecule has 0 aliphatic heterocycles. The van der Waals surface area contributed by atoms with Crippen LogP contribution in [-0.2, 0) is 37.6 Å². The van der Waals surface area contributed by atoms with Crippen LogP contribution in [0.2, 0.25) is 0 Å². The summed E-state index contributed by atoms with van der Waals surface area (Å²) in [5, 5.41) is 12.5. The van der Waals surface area contributed by atoms with E-state index in [1.54, 1.807) is 0 Å². The molecule has 10 nitrogen and oxygen atoms in total. The van der Waals surface area contributed by atoms with Crippen molar-refractivity contribution in [2.75, 3.05) is 6.26 Å². The van der Waals surface area contributed by atoms with Gasteiger partial charge in [0.1, 0.15) is 10.6 Å². The zero-order chi connectivity index (χ0) is 21.9. The maximum absolute atomic E-state index is 12.9. The van der Waals surface area contributed by atoms with Crippen LogP contribution in [0.1, 0.15) is 24.8 Å². The molecule has 1 aromatic heterocycles. The summed E-state index contributed by atoms with van der Waals surface area (Å²) in [6, 6.07) is 5.67. The van der Waals surface area contributed by atoms with E-state index < -0.39 is 36.3 Å². The van der Waals surface area contributed by atoms with Crippen molar-refractivity contribution in [1.82, 2.24) is 15.4 Å². The van der Waals surface area contributed by atoms with Crippen molar-refractivity contribution in [2.45, 2.75) is 36.0 Å². The van der Waals surface area contributed by atoms with Gasteiger partial charge in [0.2, 0.25) is 10.0 Å². The Balaban J connectivity index is 2.04. The Labute approximate surface area is 167 Å². The highest BCUT2D eigenvalue weighted by Crippen LogP contribution is 2.23. The maximum atomic E-state index is 12.9. The van der Waals surface area contributed by atoms with Crippen LogP contribution >= 0.6 is 0 Å². The molecule has 0 bridgehead atoms. The van der Waals surface area contributed by atoms with Crippen LogP contribution in [0, 0.1) is 5.82 Å². The number of benzene rings is 1. The standard InChI is InChI=1S/C16H20FN3O7S2/c1-16(15(21)19-22,28(2,23)24)8-7-12-9-13(27-20-12)10-18-29(25,26)14-5-3-11(17)4-6-14/h3-6,9,18,22H,7-8,10H2,1-2H3,(H,19,21). The van der Waals surface area contributed by atoms with Gasteiger partial charge < -0.3 is 4.52 Å². The van der Waals surface area contributed by atoms with E-state index in [9.17, 15) is 26.0 Å². The van der Waals surface area contributed by atoms with E-state index in [2.05, 4.69) is 9.88 Å². The summed E-state index contributed by atoms with van der Waals surface area (Å²) in [4.78, 5) is 11.7. The lowest BCUT2D eigenvalue weighted by Gasteiger charge is -2.24. The molecule has 3 N–H and O–H groups in total. The second-order valence-electron chi connectivity index (χ2n) is 6.51. The van der Waals surface area contributed by atoms with E-state index in [0.717, 1.165) is 30.5 Å². The topological polar surface area (TPSA) is 156 Å². The largest absolute Gasteiger partial charge is 0.360 e. The summed E-state index contributed by atoms with van der Waals surface area (Å²) in [5.74, 6) is -1.49. The molecule has 13 heteroatoms. The molecule has 0 saturated carbocycles. The number of hydroxylamine groups is 1. The van der Waals surface area contributed by atoms with Crippen LogP contribution in [-0.4, -0.2) is 44.1 Å². The quantitative estimate of drug-likeness (QED) is 0.370. The molecule has 29 heavy (non-hydrogen) atoms. The second kappa shape index (κ2) is 8.57. The van der Waals surface area contributed by atoms with Crippen molar-refractivity contribution in [3.05, 3.63) is 47.6 Å². The van der Waals surface area contributed by atoms with E-state index in [1.165, 1.54) is 18.5 Å². The monoisotopic (exact) mass is 449 g/mol. The Morgan fingerprint density at radius 3 is 2.41 bits per heavy atom. The summed E-state index contributed by atoms with van der Waals surface area (Å²) in [5.41, 5.74) is 1.64. The van der Waals surface area contributed by atoms with Gasteiger partial charge in [0, 0.05) is 12.3 Å². The first kappa shape index (κ1) is 22.9. The van der Waals surface area contributed by atoms with Crippen molar-refractivity contribution in [3.8, 4) is 0 Å². The Kier molecular flexibility index (Phi) is 6.78. The Hall–Kier alpha value is -2.35. The number of halogens is 1. The van der Waals surface area contributed by atoms with Crippen LogP contribution in [0.5, 0.6) is 0 Å². The molecule has 1 amide bonds. The van der Waals surface area contributed by atoms with Crippen LogP contribution in [0.25, 0.3) is 0 Å². The predicted octanol–water partition coefficient (Wildman–Crippen LogP) is 0.534. The minimum absolute atomic E-state index is 0.0190. The highest BCUT2D eigenvalue weighted by Gasteiger charge is 2.43. The van der Waals surface area contributed by atoms with Gasteiger partial charge in [0.05, 0.1) is 17.1 Å². The Morgan fingerprint density at radius 1 is 1.24 bits per heavy atom. The van der Waals surface area contributed by atoms with Gasteiger partial charge in [-0.15, -0.1) is 0 Å². The molecule has 2 aromatic rings. The van der Waals surface area contributed by atoms with Gasteiger partial charge in [-0.3, -0.25) is 10.0 Å². The second-order valence-corrected chi connectivity index (χ2v) is 10.7. The van der Waals surface area contributed by atoms with Crippen molar-refractivity contribution < 1.29 is 35.8 Å². The van der Waals surface area contributed by atoms with Gasteiger partial charge >= 0.3 is 0 Å². The summed E-state index contributed by atoms with van der Waals surface area (Å²) in [7, 11) is -7.75. The van der Waals surface area contributed by atoms with Gasteiger partial charge in [-0.2, -0.15) is 0 Å². The molecule has 0 aliphatic carbocycles. The fourth-order valence-electron chi connectivity index (χ4n) is 2.37. The van der Waals surface area contributed by atoms with Crippen molar-refractivity contribution >= 4 is 25.8 Å². The molecule has 0 radical (unpaired) electrons. The number of aromatic nitrogens is 1. The van der Waals surface area contributed by atoms with Crippen molar-refractivity contribution in [1.29, 1.82) is 0 Å². The molecule has 0 spiro atoms. The number of hydrogen-bond acceptors (Lipinski definition) is 8. The fraction of sp³-hybridized carbons (Fsp3) is 0.375. The molecule has 0 aliphatic rings. The first-order chi connectivity index (χ1) is 13.4. The number of nitrogens with one attached hydrogen (secondary N) is 2. The lowest BCUT2D eigenvalue weighted by Crippen LogP contribution is -2.49. The number of amides is 1. The molecule has 1 unspecified atom stereocenters. The number of sulfone groups is 1. The Bertz CT molecular complexity index is 1080. The molecule has 160 valence electrons. The molecule has 1 aromatic carbocycles. The van der Waals surface area contributed by atoms with Crippen LogP contribution in [0.15, 0.2) is 39.8 Å². The fourth-order valence-corrected chi connectivity index (χ4v) is 4.22. The molecule has 1 heterocycles. The number of nitrogens with zero attached hydrogens (tertiary/aromatic N) is 1. The molecule has 0 saturated heterocycles. The third kappa shape index (κ3) is 5.38. The third-order valence-electron chi connectivity index (χ3n) is 4.43. The number of hydrogen-bond donors (Lipinski definition) is 3. The van der Waals surface area contributed by atoms with Crippen molar-refractivity contribution in [3.63, 3.8) is 0 Å². The van der Waals surface area contributed by atoms with Gasteiger partial charge in [-0.05, 0) is 44.0 Å². The maximum Gasteiger partial charge on any atom is 0.264 e. The van der Waals surface area contributed by atoms with E-state index in [-0.39, 0.29) is 30.0 Å². The van der Waals surface area contributed by atoms with Gasteiger partial charge in [0.15, 0.2) is 15.6 Å². The molecular weight excluding hydrogens is 429 g/mol. The summed E-state index contributed by atoms with van der Waals surface area (Å²) >= 11 is 0. The van der Waals surface area contributed by atoms with E-state index in [4.69, 9.17) is 9.73 Å². The molecule has 2 rings (SSSR count). The van der Waals surface area contributed by atoms with E-state index in [1.807, 2.05) is 0 Å². The smallest absolute Gasteiger partial charge is 0.264 e. The lowest BCUT2D eigenvalue weighted by molar-refractivity contribution is -0.131. The molecule has 1 atom stereocenters. The highest BCUT2D eigenvalue weighted by molar-refractivity contribution is 7.92. The number of carbonyl (C=O) groups excluding carboxylic acids is 1. The number of rotatable bonds is 9. The van der Waals surface area contributed by atoms with E-state index in [0.29, 0.717) is 5.69 Å². The summed E-state index contributed by atoms with van der Waals surface area (Å²) in [6.07, 6.45) is 0.706. The predicted molar refractivity (Wildman–Crippen MR) is 98.4 cm³/mol. The van der Waals surface area contributed by atoms with Gasteiger partial charge in [-0.1, -0.05) is 5.16 Å². The normalized spacial score (nSPS) is 14.3. The average molecular weight is 449 g/mol. The average Bonchev–Trinajstić information content (AvgIpc) is 3.11. The SMILES string of the molecule is CC(CCc1cc(CNS(=O)(=O)c2ccc(F)cc2)on1)(C(=O)NO)S(C)(=O)=O. The molecular formula is C16H20FN3O7S2. The zero-order valence-electron chi connectivity index (χ0n) is 15.5. The van der Waals surface area contributed by atoms with Gasteiger partial charge in [-0.25, -0.2) is 31.4 Å². The lowest BCUT2D eigenvalue weighted by atomic mass is 10.0. The minimum atomic E-state index is -3.90. The van der Waals surface area contributed by atoms with Crippen LogP contribution in [0.4, 0.5) is 4.39 Å². The number of sulfonamides is 1. The zero-order valence-corrected chi connectivity index (χ0v) is 17.2. The summed E-state index contributed by atoms with van der Waals surface area (Å²) < 4.78 is 66.5. The first-order valence-corrected chi connectivity index (χ1v) is 11.6. The first-order valence-electron chi connectivity index (χ1n) is 8.23. The Morgan fingerprint density at radius 2 is 1.86 bits per heavy atom. The van der Waals surface area contributed by atoms with E-state index >= 15 is 0 Å². The van der Waals surface area contributed by atoms with Gasteiger partial charge in [0.25, 0.3) is 5.91 Å².